The zero-order valence-electron chi connectivity index (χ0n) is 9.65. The molecule has 0 aliphatic carbocycles. The van der Waals surface area contributed by atoms with Gasteiger partial charge >= 0.3 is 0 Å². The number of rotatable bonds is 4. The van der Waals surface area contributed by atoms with Crippen LogP contribution in [0.2, 0.25) is 5.02 Å². The molecule has 0 fully saturated rings. The van der Waals surface area contributed by atoms with Crippen molar-refractivity contribution in [3.05, 3.63) is 41.3 Å². The number of benzene rings is 1. The van der Waals surface area contributed by atoms with Gasteiger partial charge < -0.3 is 10.1 Å². The first-order valence-corrected chi connectivity index (χ1v) is 5.76. The van der Waals surface area contributed by atoms with E-state index in [0.29, 0.717) is 24.1 Å². The molecule has 0 saturated carbocycles. The highest BCUT2D eigenvalue weighted by Gasteiger charge is 2.04. The van der Waals surface area contributed by atoms with Gasteiger partial charge in [0.15, 0.2) is 0 Å². The van der Waals surface area contributed by atoms with Gasteiger partial charge in [0.2, 0.25) is 11.8 Å². The third-order valence-corrected chi connectivity index (χ3v) is 2.37. The molecule has 6 heteroatoms. The lowest BCUT2D eigenvalue weighted by molar-refractivity contribution is 0.460. The van der Waals surface area contributed by atoms with Crippen molar-refractivity contribution in [3.63, 3.8) is 0 Å². The summed E-state index contributed by atoms with van der Waals surface area (Å²) in [6, 6.07) is 5.73. The van der Waals surface area contributed by atoms with Crippen molar-refractivity contribution in [1.29, 1.82) is 0 Å². The Balaban J connectivity index is 2.17. The molecule has 2 rings (SSSR count). The molecule has 1 N–H and O–H groups in total. The lowest BCUT2D eigenvalue weighted by atomic mass is 10.3. The topological polar surface area (TPSA) is 47.0 Å². The van der Waals surface area contributed by atoms with E-state index in [1.807, 2.05) is 6.92 Å². The second kappa shape index (κ2) is 5.64. The standard InChI is InChI=1S/C12H11ClFN3O/c1-2-15-12-16-6-5-11(17-12)18-8-3-4-10(14)9(13)7-8/h3-7H,2H2,1H3,(H,15,16,17). The third kappa shape index (κ3) is 3.07. The van der Waals surface area contributed by atoms with Gasteiger partial charge in [-0.3, -0.25) is 0 Å². The molecule has 0 aliphatic heterocycles. The van der Waals surface area contributed by atoms with Gasteiger partial charge in [0.1, 0.15) is 11.6 Å². The number of nitrogens with one attached hydrogen (secondary N) is 1. The molecule has 0 amide bonds. The zero-order chi connectivity index (χ0) is 13.0. The van der Waals surface area contributed by atoms with Gasteiger partial charge in [-0.1, -0.05) is 11.6 Å². The van der Waals surface area contributed by atoms with Crippen molar-refractivity contribution >= 4 is 17.5 Å². The van der Waals surface area contributed by atoms with Crippen LogP contribution in [0.15, 0.2) is 30.5 Å². The van der Waals surface area contributed by atoms with Crippen LogP contribution in [0.5, 0.6) is 11.6 Å². The molecule has 1 aromatic carbocycles. The van der Waals surface area contributed by atoms with Gasteiger partial charge in [0.25, 0.3) is 0 Å². The molecule has 2 aromatic rings. The van der Waals surface area contributed by atoms with E-state index in [2.05, 4.69) is 15.3 Å². The molecule has 18 heavy (non-hydrogen) atoms. The van der Waals surface area contributed by atoms with Gasteiger partial charge in [0, 0.05) is 24.9 Å². The van der Waals surface area contributed by atoms with E-state index in [9.17, 15) is 4.39 Å². The molecular weight excluding hydrogens is 257 g/mol. The van der Waals surface area contributed by atoms with E-state index in [4.69, 9.17) is 16.3 Å². The number of ether oxygens (including phenoxy) is 1. The van der Waals surface area contributed by atoms with Crippen LogP contribution >= 0.6 is 11.6 Å². The summed E-state index contributed by atoms with van der Waals surface area (Å²) in [6.07, 6.45) is 1.57. The lowest BCUT2D eigenvalue weighted by Gasteiger charge is -2.06. The number of halogens is 2. The summed E-state index contributed by atoms with van der Waals surface area (Å²) < 4.78 is 18.4. The quantitative estimate of drug-likeness (QED) is 0.921. The van der Waals surface area contributed by atoms with Crippen LogP contribution in [0.1, 0.15) is 6.92 Å². The van der Waals surface area contributed by atoms with E-state index < -0.39 is 5.82 Å². The number of anilines is 1. The van der Waals surface area contributed by atoms with E-state index in [0.717, 1.165) is 0 Å². The Morgan fingerprint density at radius 1 is 1.39 bits per heavy atom. The lowest BCUT2D eigenvalue weighted by Crippen LogP contribution is -2.02. The number of nitrogens with zero attached hydrogens (tertiary/aromatic N) is 2. The van der Waals surface area contributed by atoms with Crippen molar-refractivity contribution in [2.45, 2.75) is 6.92 Å². The van der Waals surface area contributed by atoms with Gasteiger partial charge in [-0.15, -0.1) is 0 Å². The Kier molecular flexibility index (Phi) is 3.94. The molecule has 0 unspecified atom stereocenters. The van der Waals surface area contributed by atoms with E-state index in [1.165, 1.54) is 18.2 Å². The summed E-state index contributed by atoms with van der Waals surface area (Å²) >= 11 is 5.66. The maximum absolute atomic E-state index is 13.0. The summed E-state index contributed by atoms with van der Waals surface area (Å²) in [5.41, 5.74) is 0. The molecule has 0 saturated heterocycles. The second-order valence-electron chi connectivity index (χ2n) is 3.43. The molecule has 4 nitrogen and oxygen atoms in total. The highest BCUT2D eigenvalue weighted by molar-refractivity contribution is 6.30. The Hall–Kier alpha value is -1.88. The highest BCUT2D eigenvalue weighted by atomic mass is 35.5. The minimum absolute atomic E-state index is 0.00784. The summed E-state index contributed by atoms with van der Waals surface area (Å²) in [4.78, 5) is 8.14. The molecular formula is C12H11ClFN3O. The summed E-state index contributed by atoms with van der Waals surface area (Å²) in [6.45, 7) is 2.66. The molecule has 94 valence electrons. The van der Waals surface area contributed by atoms with Crippen LogP contribution in [0.3, 0.4) is 0 Å². The normalized spacial score (nSPS) is 10.2. The Labute approximate surface area is 109 Å². The molecule has 1 aromatic heterocycles. The SMILES string of the molecule is CCNc1nccc(Oc2ccc(F)c(Cl)c2)n1. The average molecular weight is 268 g/mol. The minimum atomic E-state index is -0.486. The smallest absolute Gasteiger partial charge is 0.225 e. The van der Waals surface area contributed by atoms with Gasteiger partial charge in [0.05, 0.1) is 5.02 Å². The minimum Gasteiger partial charge on any atom is -0.439 e. The number of hydrogen-bond donors (Lipinski definition) is 1. The molecule has 1 heterocycles. The fourth-order valence-electron chi connectivity index (χ4n) is 1.30. The summed E-state index contributed by atoms with van der Waals surface area (Å²) in [5, 5.41) is 2.97. The molecule has 0 aliphatic rings. The summed E-state index contributed by atoms with van der Waals surface area (Å²) in [5.74, 6) is 0.773. The maximum atomic E-state index is 13.0. The Morgan fingerprint density at radius 2 is 2.22 bits per heavy atom. The van der Waals surface area contributed by atoms with Gasteiger partial charge in [-0.05, 0) is 19.1 Å². The predicted octanol–water partition coefficient (Wildman–Crippen LogP) is 3.49. The molecule has 0 radical (unpaired) electrons. The first-order chi connectivity index (χ1) is 8.69. The van der Waals surface area contributed by atoms with Crippen LogP contribution in [-0.4, -0.2) is 16.5 Å². The number of aromatic nitrogens is 2. The molecule has 0 bridgehead atoms. The van der Waals surface area contributed by atoms with E-state index >= 15 is 0 Å². The fraction of sp³-hybridized carbons (Fsp3) is 0.167. The van der Waals surface area contributed by atoms with Gasteiger partial charge in [-0.2, -0.15) is 4.98 Å². The van der Waals surface area contributed by atoms with Crippen molar-refractivity contribution in [1.82, 2.24) is 9.97 Å². The van der Waals surface area contributed by atoms with Crippen molar-refractivity contribution in [2.24, 2.45) is 0 Å². The highest BCUT2D eigenvalue weighted by Crippen LogP contribution is 2.25. The second-order valence-corrected chi connectivity index (χ2v) is 3.83. The van der Waals surface area contributed by atoms with Crippen LogP contribution in [0, 0.1) is 5.82 Å². The largest absolute Gasteiger partial charge is 0.439 e. The van der Waals surface area contributed by atoms with Crippen LogP contribution in [-0.2, 0) is 0 Å². The number of hydrogen-bond acceptors (Lipinski definition) is 4. The van der Waals surface area contributed by atoms with Crippen molar-refractivity contribution < 1.29 is 9.13 Å². The van der Waals surface area contributed by atoms with Crippen LogP contribution in [0.25, 0.3) is 0 Å². The van der Waals surface area contributed by atoms with Gasteiger partial charge in [-0.25, -0.2) is 9.37 Å². The Bertz CT molecular complexity index is 551. The van der Waals surface area contributed by atoms with Crippen LogP contribution in [0.4, 0.5) is 10.3 Å². The van der Waals surface area contributed by atoms with Crippen LogP contribution < -0.4 is 10.1 Å². The fourth-order valence-corrected chi connectivity index (χ4v) is 1.47. The van der Waals surface area contributed by atoms with E-state index in [1.54, 1.807) is 12.3 Å². The third-order valence-electron chi connectivity index (χ3n) is 2.08. The zero-order valence-corrected chi connectivity index (χ0v) is 10.4. The molecule has 0 spiro atoms. The predicted molar refractivity (Wildman–Crippen MR) is 67.7 cm³/mol. The maximum Gasteiger partial charge on any atom is 0.225 e. The Morgan fingerprint density at radius 3 is 2.94 bits per heavy atom. The van der Waals surface area contributed by atoms with Crippen molar-refractivity contribution in [2.75, 3.05) is 11.9 Å². The first kappa shape index (κ1) is 12.6. The first-order valence-electron chi connectivity index (χ1n) is 5.39. The van der Waals surface area contributed by atoms with E-state index in [-0.39, 0.29) is 5.02 Å². The van der Waals surface area contributed by atoms with Crippen molar-refractivity contribution in [3.8, 4) is 11.6 Å². The molecule has 0 atom stereocenters. The monoisotopic (exact) mass is 267 g/mol. The summed E-state index contributed by atoms with van der Waals surface area (Å²) in [7, 11) is 0. The average Bonchev–Trinajstić information content (AvgIpc) is 2.35.